The highest BCUT2D eigenvalue weighted by Gasteiger charge is 2.08. The number of nitrogens with one attached hydrogen (secondary N) is 2. The van der Waals surface area contributed by atoms with Gasteiger partial charge in [-0.2, -0.15) is 0 Å². The lowest BCUT2D eigenvalue weighted by Crippen LogP contribution is -2.31. The summed E-state index contributed by atoms with van der Waals surface area (Å²) in [7, 11) is 0. The third kappa shape index (κ3) is 8.86. The zero-order valence-electron chi connectivity index (χ0n) is 12.8. The average Bonchev–Trinajstić information content (AvgIpc) is 2.45. The number of hydrogen-bond donors (Lipinski definition) is 2. The molecule has 4 nitrogen and oxygen atoms in total. The van der Waals surface area contributed by atoms with E-state index in [9.17, 15) is 4.79 Å². The van der Waals surface area contributed by atoms with Gasteiger partial charge in [0, 0.05) is 35.8 Å². The van der Waals surface area contributed by atoms with Crippen LogP contribution in [0.4, 0.5) is 5.69 Å². The molecule has 2 N–H and O–H groups in total. The van der Waals surface area contributed by atoms with Crippen LogP contribution >= 0.6 is 15.9 Å². The molecular formula is C16H25BrN2O2. The largest absolute Gasteiger partial charge is 0.382 e. The number of ether oxygens (including phenoxy) is 1. The van der Waals surface area contributed by atoms with E-state index in [2.05, 4.69) is 26.6 Å². The Morgan fingerprint density at radius 1 is 1.29 bits per heavy atom. The van der Waals surface area contributed by atoms with E-state index >= 15 is 0 Å². The summed E-state index contributed by atoms with van der Waals surface area (Å²) in [5.74, 6) is 0.0339. The summed E-state index contributed by atoms with van der Waals surface area (Å²) in [4.78, 5) is 11.9. The summed E-state index contributed by atoms with van der Waals surface area (Å²) in [5.41, 5.74) is 0.826. The Kier molecular flexibility index (Phi) is 9.30. The van der Waals surface area contributed by atoms with E-state index in [1.807, 2.05) is 38.1 Å². The lowest BCUT2D eigenvalue weighted by atomic mass is 10.2. The van der Waals surface area contributed by atoms with Crippen LogP contribution in [-0.2, 0) is 9.53 Å². The number of carbonyl (C=O) groups excluding carboxylic acids is 1. The molecule has 0 saturated carbocycles. The molecule has 0 heterocycles. The predicted molar refractivity (Wildman–Crippen MR) is 90.6 cm³/mol. The van der Waals surface area contributed by atoms with Gasteiger partial charge in [-0.05, 0) is 57.5 Å². The van der Waals surface area contributed by atoms with Crippen molar-refractivity contribution in [3.63, 3.8) is 0 Å². The van der Waals surface area contributed by atoms with Crippen LogP contribution in [0, 0.1) is 0 Å². The van der Waals surface area contributed by atoms with Crippen molar-refractivity contribution in [1.29, 1.82) is 0 Å². The molecule has 21 heavy (non-hydrogen) atoms. The number of carbonyl (C=O) groups is 1. The Labute approximate surface area is 135 Å². The van der Waals surface area contributed by atoms with E-state index in [-0.39, 0.29) is 11.9 Å². The maximum absolute atomic E-state index is 11.9. The average molecular weight is 357 g/mol. The summed E-state index contributed by atoms with van der Waals surface area (Å²) >= 11 is 3.37. The molecule has 1 rings (SSSR count). The van der Waals surface area contributed by atoms with E-state index in [4.69, 9.17) is 4.74 Å². The third-order valence-corrected chi connectivity index (χ3v) is 3.56. The maximum Gasteiger partial charge on any atom is 0.225 e. The molecule has 0 fully saturated rings. The minimum Gasteiger partial charge on any atom is -0.382 e. The molecule has 118 valence electrons. The maximum atomic E-state index is 11.9. The van der Waals surface area contributed by atoms with Crippen molar-refractivity contribution in [2.75, 3.05) is 25.1 Å². The minimum absolute atomic E-state index is 0.0339. The Morgan fingerprint density at radius 2 is 2.00 bits per heavy atom. The summed E-state index contributed by atoms with van der Waals surface area (Å²) < 4.78 is 6.29. The minimum atomic E-state index is 0.0339. The Morgan fingerprint density at radius 3 is 2.67 bits per heavy atom. The topological polar surface area (TPSA) is 50.4 Å². The fourth-order valence-corrected chi connectivity index (χ4v) is 2.18. The van der Waals surface area contributed by atoms with Crippen LogP contribution in [0.1, 0.15) is 33.1 Å². The summed E-state index contributed by atoms with van der Waals surface area (Å²) in [5, 5.41) is 6.26. The molecule has 0 aliphatic heterocycles. The van der Waals surface area contributed by atoms with E-state index in [0.717, 1.165) is 42.8 Å². The van der Waals surface area contributed by atoms with Crippen LogP contribution in [0.15, 0.2) is 28.7 Å². The van der Waals surface area contributed by atoms with Gasteiger partial charge in [0.15, 0.2) is 0 Å². The smallest absolute Gasteiger partial charge is 0.225 e. The van der Waals surface area contributed by atoms with Gasteiger partial charge in [0.25, 0.3) is 0 Å². The van der Waals surface area contributed by atoms with E-state index < -0.39 is 0 Å². The summed E-state index contributed by atoms with van der Waals surface area (Å²) in [6.45, 7) is 6.55. The van der Waals surface area contributed by atoms with E-state index in [1.54, 1.807) is 0 Å². The van der Waals surface area contributed by atoms with Gasteiger partial charge in [-0.25, -0.2) is 0 Å². The first-order valence-electron chi connectivity index (χ1n) is 7.48. The SMILES string of the molecule is CCOCCCCNC(C)CC(=O)Nc1ccc(Br)cc1. The van der Waals surface area contributed by atoms with Crippen LogP contribution in [-0.4, -0.2) is 31.7 Å². The van der Waals surface area contributed by atoms with Crippen molar-refractivity contribution in [3.8, 4) is 0 Å². The molecule has 0 aliphatic carbocycles. The van der Waals surface area contributed by atoms with Crippen molar-refractivity contribution in [2.24, 2.45) is 0 Å². The lowest BCUT2D eigenvalue weighted by Gasteiger charge is -2.13. The number of hydrogen-bond acceptors (Lipinski definition) is 3. The number of amides is 1. The zero-order valence-corrected chi connectivity index (χ0v) is 14.4. The number of unbranched alkanes of at least 4 members (excludes halogenated alkanes) is 1. The highest BCUT2D eigenvalue weighted by atomic mass is 79.9. The van der Waals surface area contributed by atoms with Crippen LogP contribution in [0.25, 0.3) is 0 Å². The lowest BCUT2D eigenvalue weighted by molar-refractivity contribution is -0.116. The normalized spacial score (nSPS) is 12.1. The fraction of sp³-hybridized carbons (Fsp3) is 0.562. The highest BCUT2D eigenvalue weighted by Crippen LogP contribution is 2.14. The Bertz CT molecular complexity index is 409. The second kappa shape index (κ2) is 10.8. The van der Waals surface area contributed by atoms with Gasteiger partial charge in [0.2, 0.25) is 5.91 Å². The molecule has 1 aromatic rings. The van der Waals surface area contributed by atoms with E-state index in [1.165, 1.54) is 0 Å². The van der Waals surface area contributed by atoms with E-state index in [0.29, 0.717) is 6.42 Å². The van der Waals surface area contributed by atoms with Crippen molar-refractivity contribution in [3.05, 3.63) is 28.7 Å². The molecule has 1 unspecified atom stereocenters. The van der Waals surface area contributed by atoms with Crippen LogP contribution in [0.5, 0.6) is 0 Å². The van der Waals surface area contributed by atoms with Gasteiger partial charge in [0.1, 0.15) is 0 Å². The monoisotopic (exact) mass is 356 g/mol. The molecule has 0 aromatic heterocycles. The number of anilines is 1. The van der Waals surface area contributed by atoms with Gasteiger partial charge in [0.05, 0.1) is 0 Å². The third-order valence-electron chi connectivity index (χ3n) is 3.03. The molecule has 5 heteroatoms. The second-order valence-electron chi connectivity index (χ2n) is 5.02. The van der Waals surface area contributed by atoms with Crippen LogP contribution < -0.4 is 10.6 Å². The first-order chi connectivity index (χ1) is 10.1. The molecule has 0 radical (unpaired) electrons. The van der Waals surface area contributed by atoms with Crippen molar-refractivity contribution < 1.29 is 9.53 Å². The summed E-state index contributed by atoms with van der Waals surface area (Å²) in [6, 6.07) is 7.76. The zero-order chi connectivity index (χ0) is 15.5. The first kappa shape index (κ1) is 18.1. The molecule has 0 saturated heterocycles. The molecule has 0 aliphatic rings. The molecule has 1 atom stereocenters. The number of halogens is 1. The van der Waals surface area contributed by atoms with Crippen LogP contribution in [0.3, 0.4) is 0 Å². The molecular weight excluding hydrogens is 332 g/mol. The van der Waals surface area contributed by atoms with Gasteiger partial charge in [-0.15, -0.1) is 0 Å². The standard InChI is InChI=1S/C16H25BrN2O2/c1-3-21-11-5-4-10-18-13(2)12-16(20)19-15-8-6-14(17)7-9-15/h6-9,13,18H,3-5,10-12H2,1-2H3,(H,19,20). The number of rotatable bonds is 10. The van der Waals surface area contributed by atoms with Crippen molar-refractivity contribution in [1.82, 2.24) is 5.32 Å². The van der Waals surface area contributed by atoms with Crippen molar-refractivity contribution in [2.45, 2.75) is 39.2 Å². The molecule has 0 spiro atoms. The molecule has 0 bridgehead atoms. The quantitative estimate of drug-likeness (QED) is 0.630. The second-order valence-corrected chi connectivity index (χ2v) is 5.93. The summed E-state index contributed by atoms with van der Waals surface area (Å²) in [6.07, 6.45) is 2.60. The number of benzene rings is 1. The fourth-order valence-electron chi connectivity index (χ4n) is 1.92. The van der Waals surface area contributed by atoms with Gasteiger partial charge < -0.3 is 15.4 Å². The Balaban J connectivity index is 2.14. The Hall–Kier alpha value is -0.910. The highest BCUT2D eigenvalue weighted by molar-refractivity contribution is 9.10. The van der Waals surface area contributed by atoms with Crippen LogP contribution in [0.2, 0.25) is 0 Å². The predicted octanol–water partition coefficient (Wildman–Crippen LogP) is 3.57. The van der Waals surface area contributed by atoms with Gasteiger partial charge in [-0.3, -0.25) is 4.79 Å². The van der Waals surface area contributed by atoms with Crippen molar-refractivity contribution >= 4 is 27.5 Å². The molecule has 1 aromatic carbocycles. The molecule has 1 amide bonds. The van der Waals surface area contributed by atoms with Gasteiger partial charge >= 0.3 is 0 Å². The van der Waals surface area contributed by atoms with Gasteiger partial charge in [-0.1, -0.05) is 15.9 Å². The first-order valence-corrected chi connectivity index (χ1v) is 8.27.